The summed E-state index contributed by atoms with van der Waals surface area (Å²) in [7, 11) is -3.55. The number of aliphatic hydroxyl groups excluding tert-OH is 1. The lowest BCUT2D eigenvalue weighted by molar-refractivity contribution is 0.164. The third-order valence-electron chi connectivity index (χ3n) is 2.71. The molecule has 2 N–H and O–H groups in total. The van der Waals surface area contributed by atoms with Crippen molar-refractivity contribution in [1.82, 2.24) is 4.72 Å². The summed E-state index contributed by atoms with van der Waals surface area (Å²) in [6, 6.07) is 3.00. The van der Waals surface area contributed by atoms with Crippen LogP contribution in [0.3, 0.4) is 0 Å². The highest BCUT2D eigenvalue weighted by atomic mass is 35.5. The van der Waals surface area contributed by atoms with Crippen LogP contribution in [0.4, 0.5) is 0 Å². The lowest BCUT2D eigenvalue weighted by Crippen LogP contribution is -2.31. The summed E-state index contributed by atoms with van der Waals surface area (Å²) in [4.78, 5) is 0. The van der Waals surface area contributed by atoms with E-state index in [4.69, 9.17) is 11.6 Å². The van der Waals surface area contributed by atoms with Crippen molar-refractivity contribution in [3.05, 3.63) is 16.5 Å². The largest absolute Gasteiger partial charge is 0.392 e. The van der Waals surface area contributed by atoms with Gasteiger partial charge >= 0.3 is 0 Å². The Balaban J connectivity index is 2.35. The Labute approximate surface area is 123 Å². The van der Waals surface area contributed by atoms with E-state index in [1.165, 1.54) is 6.07 Å². The molecule has 19 heavy (non-hydrogen) atoms. The summed E-state index contributed by atoms with van der Waals surface area (Å²) in [5.41, 5.74) is 0. The predicted octanol–water partition coefficient (Wildman–Crippen LogP) is 3.01. The molecule has 0 spiro atoms. The maximum atomic E-state index is 11.9. The monoisotopic (exact) mass is 325 g/mol. The molecule has 0 saturated heterocycles. The quantitative estimate of drug-likeness (QED) is 0.686. The number of sulfonamides is 1. The summed E-state index contributed by atoms with van der Waals surface area (Å²) < 4.78 is 26.7. The molecule has 7 heteroatoms. The Bertz CT molecular complexity index is 473. The van der Waals surface area contributed by atoms with Gasteiger partial charge in [0.2, 0.25) is 10.0 Å². The minimum atomic E-state index is -3.55. The van der Waals surface area contributed by atoms with E-state index in [-0.39, 0.29) is 10.8 Å². The summed E-state index contributed by atoms with van der Waals surface area (Å²) in [6.07, 6.45) is 4.26. The molecule has 0 saturated carbocycles. The van der Waals surface area contributed by atoms with Crippen LogP contribution in [0.25, 0.3) is 0 Å². The zero-order valence-corrected chi connectivity index (χ0v) is 13.3. The van der Waals surface area contributed by atoms with Crippen molar-refractivity contribution >= 4 is 33.0 Å². The van der Waals surface area contributed by atoms with E-state index in [0.29, 0.717) is 10.8 Å². The minimum absolute atomic E-state index is 0.0456. The fraction of sp³-hybridized carbons (Fsp3) is 0.667. The van der Waals surface area contributed by atoms with E-state index in [1.807, 2.05) is 0 Å². The lowest BCUT2D eigenvalue weighted by Gasteiger charge is -2.11. The molecule has 0 amide bonds. The van der Waals surface area contributed by atoms with Gasteiger partial charge < -0.3 is 5.11 Å². The molecule has 0 unspecified atom stereocenters. The second kappa shape index (κ2) is 8.21. The lowest BCUT2D eigenvalue weighted by atomic mass is 10.1. The molecule has 0 fully saturated rings. The normalized spacial score (nSPS) is 13.6. The SMILES string of the molecule is CCCCCC[C@@H](O)CNS(=O)(=O)c1ccc(Cl)s1. The van der Waals surface area contributed by atoms with Gasteiger partial charge in [-0.15, -0.1) is 11.3 Å². The standard InChI is InChI=1S/C12H20ClNO3S2/c1-2-3-4-5-6-10(15)9-14-19(16,17)12-8-7-11(13)18-12/h7-8,10,14-15H,2-6,9H2,1H3/t10-/m1/s1. The van der Waals surface area contributed by atoms with Crippen LogP contribution in [-0.4, -0.2) is 26.2 Å². The minimum Gasteiger partial charge on any atom is -0.392 e. The van der Waals surface area contributed by atoms with E-state index in [9.17, 15) is 13.5 Å². The Kier molecular flexibility index (Phi) is 7.31. The van der Waals surface area contributed by atoms with Gasteiger partial charge in [-0.25, -0.2) is 13.1 Å². The third-order valence-corrected chi connectivity index (χ3v) is 5.86. The molecular weight excluding hydrogens is 306 g/mol. The molecule has 0 aliphatic carbocycles. The zero-order valence-electron chi connectivity index (χ0n) is 10.9. The highest BCUT2D eigenvalue weighted by Crippen LogP contribution is 2.25. The van der Waals surface area contributed by atoms with E-state index in [1.54, 1.807) is 6.07 Å². The number of rotatable bonds is 9. The highest BCUT2D eigenvalue weighted by Gasteiger charge is 2.17. The van der Waals surface area contributed by atoms with Gasteiger partial charge in [0.15, 0.2) is 0 Å². The summed E-state index contributed by atoms with van der Waals surface area (Å²) >= 11 is 6.71. The Hall–Kier alpha value is -0.140. The van der Waals surface area contributed by atoms with E-state index < -0.39 is 16.1 Å². The van der Waals surface area contributed by atoms with Crippen LogP contribution in [0.5, 0.6) is 0 Å². The van der Waals surface area contributed by atoms with Crippen LogP contribution < -0.4 is 4.72 Å². The van der Waals surface area contributed by atoms with Crippen LogP contribution in [0.15, 0.2) is 16.3 Å². The van der Waals surface area contributed by atoms with Crippen molar-refractivity contribution in [3.63, 3.8) is 0 Å². The van der Waals surface area contributed by atoms with Gasteiger partial charge in [0.05, 0.1) is 10.4 Å². The first kappa shape index (κ1) is 16.9. The number of hydrogen-bond acceptors (Lipinski definition) is 4. The summed E-state index contributed by atoms with van der Waals surface area (Å²) in [6.45, 7) is 2.17. The van der Waals surface area contributed by atoms with Crippen LogP contribution in [0.1, 0.15) is 39.0 Å². The maximum absolute atomic E-state index is 11.9. The van der Waals surface area contributed by atoms with Gasteiger partial charge in [0, 0.05) is 6.54 Å². The smallest absolute Gasteiger partial charge is 0.250 e. The molecule has 0 aliphatic heterocycles. The van der Waals surface area contributed by atoms with Crippen LogP contribution in [0.2, 0.25) is 4.34 Å². The van der Waals surface area contributed by atoms with Crippen molar-refractivity contribution in [2.45, 2.75) is 49.3 Å². The first-order valence-electron chi connectivity index (χ1n) is 6.38. The van der Waals surface area contributed by atoms with Crippen LogP contribution >= 0.6 is 22.9 Å². The zero-order chi connectivity index (χ0) is 14.3. The van der Waals surface area contributed by atoms with Crippen molar-refractivity contribution in [3.8, 4) is 0 Å². The second-order valence-corrected chi connectivity index (χ2v) is 8.12. The van der Waals surface area contributed by atoms with Gasteiger partial charge in [-0.2, -0.15) is 0 Å². The van der Waals surface area contributed by atoms with Crippen molar-refractivity contribution < 1.29 is 13.5 Å². The van der Waals surface area contributed by atoms with E-state index >= 15 is 0 Å². The molecule has 0 aliphatic rings. The van der Waals surface area contributed by atoms with Crippen molar-refractivity contribution in [2.75, 3.05) is 6.54 Å². The molecule has 0 radical (unpaired) electrons. The second-order valence-electron chi connectivity index (χ2n) is 4.41. The van der Waals surface area contributed by atoms with Crippen molar-refractivity contribution in [2.24, 2.45) is 0 Å². The predicted molar refractivity (Wildman–Crippen MR) is 79.3 cm³/mol. The summed E-state index contributed by atoms with van der Waals surface area (Å²) in [5, 5.41) is 9.71. The van der Waals surface area contributed by atoms with E-state index in [0.717, 1.165) is 37.0 Å². The molecule has 4 nitrogen and oxygen atoms in total. The van der Waals surface area contributed by atoms with E-state index in [2.05, 4.69) is 11.6 Å². The Morgan fingerprint density at radius 1 is 1.37 bits per heavy atom. The maximum Gasteiger partial charge on any atom is 0.250 e. The molecule has 0 bridgehead atoms. The number of hydrogen-bond donors (Lipinski definition) is 2. The molecule has 1 atom stereocenters. The number of unbranched alkanes of at least 4 members (excludes halogenated alkanes) is 3. The van der Waals surface area contributed by atoms with Gasteiger partial charge in [-0.1, -0.05) is 44.2 Å². The number of aliphatic hydroxyl groups is 1. The van der Waals surface area contributed by atoms with Gasteiger partial charge in [0.25, 0.3) is 0 Å². The van der Waals surface area contributed by atoms with Crippen LogP contribution in [0, 0.1) is 0 Å². The summed E-state index contributed by atoms with van der Waals surface area (Å²) in [5.74, 6) is 0. The Morgan fingerprint density at radius 2 is 2.11 bits per heavy atom. The number of nitrogens with one attached hydrogen (secondary N) is 1. The average molecular weight is 326 g/mol. The number of thiophene rings is 1. The molecule has 110 valence electrons. The van der Waals surface area contributed by atoms with Gasteiger partial charge in [-0.05, 0) is 18.6 Å². The molecule has 1 rings (SSSR count). The molecule has 0 aromatic carbocycles. The highest BCUT2D eigenvalue weighted by molar-refractivity contribution is 7.91. The Morgan fingerprint density at radius 3 is 2.68 bits per heavy atom. The third kappa shape index (κ3) is 6.23. The number of halogens is 1. The molecule has 1 aromatic heterocycles. The first-order valence-corrected chi connectivity index (χ1v) is 9.06. The first-order chi connectivity index (χ1) is 8.95. The molecule has 1 heterocycles. The van der Waals surface area contributed by atoms with Crippen molar-refractivity contribution in [1.29, 1.82) is 0 Å². The van der Waals surface area contributed by atoms with Gasteiger partial charge in [0.1, 0.15) is 4.21 Å². The van der Waals surface area contributed by atoms with Crippen LogP contribution in [-0.2, 0) is 10.0 Å². The fourth-order valence-electron chi connectivity index (χ4n) is 1.63. The molecule has 1 aromatic rings. The average Bonchev–Trinajstić information content (AvgIpc) is 2.80. The molecular formula is C12H20ClNO3S2. The van der Waals surface area contributed by atoms with Gasteiger partial charge in [-0.3, -0.25) is 0 Å². The topological polar surface area (TPSA) is 66.4 Å². The fourth-order valence-corrected chi connectivity index (χ4v) is 4.23.